The predicted octanol–water partition coefficient (Wildman–Crippen LogP) is 2.68. The van der Waals surface area contributed by atoms with E-state index in [1.54, 1.807) is 6.07 Å². The number of unbranched alkanes of at least 4 members (excludes halogenated alkanes) is 1. The second kappa shape index (κ2) is 9.78. The summed E-state index contributed by atoms with van der Waals surface area (Å²) in [5, 5.41) is 11.3. The lowest BCUT2D eigenvalue weighted by Gasteiger charge is -2.10. The maximum atomic E-state index is 11.8. The van der Waals surface area contributed by atoms with Crippen molar-refractivity contribution in [2.75, 3.05) is 18.5 Å². The van der Waals surface area contributed by atoms with Crippen LogP contribution >= 0.6 is 0 Å². The number of anilines is 1. The zero-order chi connectivity index (χ0) is 15.5. The van der Waals surface area contributed by atoms with Gasteiger partial charge in [-0.1, -0.05) is 13.0 Å². The topological polar surface area (TPSA) is 88.1 Å². The molecular formula is C16H23N3O2. The van der Waals surface area contributed by atoms with E-state index < -0.39 is 0 Å². The number of carbonyl (C=O) groups is 1. The molecular weight excluding hydrogens is 266 g/mol. The molecule has 1 unspecified atom stereocenters. The van der Waals surface area contributed by atoms with Crippen molar-refractivity contribution in [1.82, 2.24) is 0 Å². The van der Waals surface area contributed by atoms with Crippen LogP contribution in [-0.4, -0.2) is 19.1 Å². The molecule has 0 saturated heterocycles. The Morgan fingerprint density at radius 1 is 1.52 bits per heavy atom. The lowest BCUT2D eigenvalue weighted by molar-refractivity contribution is -0.116. The van der Waals surface area contributed by atoms with Gasteiger partial charge in [-0.25, -0.2) is 0 Å². The number of carbonyl (C=O) groups excluding carboxylic acids is 1. The van der Waals surface area contributed by atoms with E-state index >= 15 is 0 Å². The second-order valence-electron chi connectivity index (χ2n) is 5.07. The summed E-state index contributed by atoms with van der Waals surface area (Å²) in [6.45, 7) is 3.13. The number of nitrogens with two attached hydrogens (primary N) is 1. The third-order valence-electron chi connectivity index (χ3n) is 3.09. The highest BCUT2D eigenvalue weighted by Crippen LogP contribution is 2.18. The SMILES string of the molecule is CC(CN)CCC(=O)Nc1cccc(OCCCC#N)c1. The van der Waals surface area contributed by atoms with E-state index in [9.17, 15) is 4.79 Å². The normalized spacial score (nSPS) is 11.5. The molecule has 3 N–H and O–H groups in total. The monoisotopic (exact) mass is 289 g/mol. The van der Waals surface area contributed by atoms with Gasteiger partial charge in [0.15, 0.2) is 0 Å². The van der Waals surface area contributed by atoms with Crippen LogP contribution in [0.2, 0.25) is 0 Å². The van der Waals surface area contributed by atoms with Crippen LogP contribution in [0.25, 0.3) is 0 Å². The van der Waals surface area contributed by atoms with Gasteiger partial charge < -0.3 is 15.8 Å². The number of nitriles is 1. The van der Waals surface area contributed by atoms with E-state index in [-0.39, 0.29) is 5.91 Å². The molecule has 0 aliphatic carbocycles. The summed E-state index contributed by atoms with van der Waals surface area (Å²) in [5.74, 6) is 1.03. The summed E-state index contributed by atoms with van der Waals surface area (Å²) in [4.78, 5) is 11.8. The number of hydrogen-bond acceptors (Lipinski definition) is 4. The molecule has 1 aromatic carbocycles. The minimum absolute atomic E-state index is 0.0167. The molecule has 0 aliphatic heterocycles. The van der Waals surface area contributed by atoms with Gasteiger partial charge in [0.05, 0.1) is 12.7 Å². The molecule has 1 amide bonds. The molecule has 0 spiro atoms. The molecule has 0 fully saturated rings. The molecule has 5 heteroatoms. The summed E-state index contributed by atoms with van der Waals surface area (Å²) in [6.07, 6.45) is 2.43. The van der Waals surface area contributed by atoms with Gasteiger partial charge in [0.2, 0.25) is 5.91 Å². The van der Waals surface area contributed by atoms with Gasteiger partial charge in [0.25, 0.3) is 0 Å². The van der Waals surface area contributed by atoms with Crippen LogP contribution in [-0.2, 0) is 4.79 Å². The maximum Gasteiger partial charge on any atom is 0.224 e. The molecule has 0 heterocycles. The fourth-order valence-corrected chi connectivity index (χ4v) is 1.72. The van der Waals surface area contributed by atoms with Gasteiger partial charge in [0.1, 0.15) is 5.75 Å². The van der Waals surface area contributed by atoms with E-state index in [0.717, 1.165) is 12.1 Å². The molecule has 1 aromatic rings. The summed E-state index contributed by atoms with van der Waals surface area (Å²) in [6, 6.07) is 9.35. The Bertz CT molecular complexity index is 483. The Morgan fingerprint density at radius 2 is 2.33 bits per heavy atom. The number of amides is 1. The van der Waals surface area contributed by atoms with E-state index in [1.165, 1.54) is 0 Å². The summed E-state index contributed by atoms with van der Waals surface area (Å²) < 4.78 is 5.53. The first kappa shape index (κ1) is 17.0. The van der Waals surface area contributed by atoms with Crippen molar-refractivity contribution in [2.24, 2.45) is 11.7 Å². The van der Waals surface area contributed by atoms with Gasteiger partial charge in [-0.15, -0.1) is 0 Å². The molecule has 1 atom stereocenters. The molecule has 114 valence electrons. The van der Waals surface area contributed by atoms with Crippen LogP contribution in [0.5, 0.6) is 5.75 Å². The van der Waals surface area contributed by atoms with Crippen molar-refractivity contribution in [3.05, 3.63) is 24.3 Å². The van der Waals surface area contributed by atoms with Crippen molar-refractivity contribution in [3.63, 3.8) is 0 Å². The quantitative estimate of drug-likeness (QED) is 0.684. The number of nitrogens with one attached hydrogen (secondary N) is 1. The molecule has 5 nitrogen and oxygen atoms in total. The molecule has 0 aliphatic rings. The molecule has 0 radical (unpaired) electrons. The standard InChI is InChI=1S/C16H23N3O2/c1-13(12-18)7-8-16(20)19-14-5-4-6-15(11-14)21-10-3-2-9-17/h4-6,11,13H,2-3,7-8,10,12,18H2,1H3,(H,19,20). The number of nitrogens with zero attached hydrogens (tertiary/aromatic N) is 1. The fraction of sp³-hybridized carbons (Fsp3) is 0.500. The van der Waals surface area contributed by atoms with Crippen LogP contribution in [0.4, 0.5) is 5.69 Å². The van der Waals surface area contributed by atoms with Crippen LogP contribution in [0, 0.1) is 17.2 Å². The molecule has 21 heavy (non-hydrogen) atoms. The highest BCUT2D eigenvalue weighted by Gasteiger charge is 2.06. The highest BCUT2D eigenvalue weighted by molar-refractivity contribution is 5.90. The number of ether oxygens (including phenoxy) is 1. The van der Waals surface area contributed by atoms with Crippen molar-refractivity contribution in [2.45, 2.75) is 32.6 Å². The Morgan fingerprint density at radius 3 is 3.05 bits per heavy atom. The van der Waals surface area contributed by atoms with E-state index in [2.05, 4.69) is 11.4 Å². The Labute approximate surface area is 126 Å². The summed E-state index contributed by atoms with van der Waals surface area (Å²) in [7, 11) is 0. The van der Waals surface area contributed by atoms with E-state index in [0.29, 0.717) is 44.1 Å². The zero-order valence-electron chi connectivity index (χ0n) is 12.5. The van der Waals surface area contributed by atoms with Gasteiger partial charge in [-0.2, -0.15) is 5.26 Å². The van der Waals surface area contributed by atoms with Crippen molar-refractivity contribution >= 4 is 11.6 Å². The first-order chi connectivity index (χ1) is 10.2. The van der Waals surface area contributed by atoms with Gasteiger partial charge in [-0.3, -0.25) is 4.79 Å². The van der Waals surface area contributed by atoms with Crippen molar-refractivity contribution < 1.29 is 9.53 Å². The largest absolute Gasteiger partial charge is 0.493 e. The second-order valence-corrected chi connectivity index (χ2v) is 5.07. The van der Waals surface area contributed by atoms with Crippen LogP contribution in [0.1, 0.15) is 32.6 Å². The maximum absolute atomic E-state index is 11.8. The lowest BCUT2D eigenvalue weighted by Crippen LogP contribution is -2.16. The summed E-state index contributed by atoms with van der Waals surface area (Å²) in [5.41, 5.74) is 6.25. The average Bonchev–Trinajstić information content (AvgIpc) is 2.49. The summed E-state index contributed by atoms with van der Waals surface area (Å²) >= 11 is 0. The Hall–Kier alpha value is -2.06. The lowest BCUT2D eigenvalue weighted by atomic mass is 10.1. The Balaban J connectivity index is 2.41. The molecule has 1 rings (SSSR count). The predicted molar refractivity (Wildman–Crippen MR) is 82.9 cm³/mol. The zero-order valence-corrected chi connectivity index (χ0v) is 12.5. The minimum atomic E-state index is -0.0167. The number of hydrogen-bond donors (Lipinski definition) is 2. The third-order valence-corrected chi connectivity index (χ3v) is 3.09. The van der Waals surface area contributed by atoms with E-state index in [1.807, 2.05) is 25.1 Å². The first-order valence-electron chi connectivity index (χ1n) is 7.25. The smallest absolute Gasteiger partial charge is 0.224 e. The average molecular weight is 289 g/mol. The van der Waals surface area contributed by atoms with Crippen LogP contribution in [0.3, 0.4) is 0 Å². The van der Waals surface area contributed by atoms with Crippen LogP contribution in [0.15, 0.2) is 24.3 Å². The highest BCUT2D eigenvalue weighted by atomic mass is 16.5. The third kappa shape index (κ3) is 7.33. The van der Waals surface area contributed by atoms with Crippen molar-refractivity contribution in [3.8, 4) is 11.8 Å². The van der Waals surface area contributed by atoms with Gasteiger partial charge >= 0.3 is 0 Å². The minimum Gasteiger partial charge on any atom is -0.493 e. The fourth-order valence-electron chi connectivity index (χ4n) is 1.72. The number of benzene rings is 1. The van der Waals surface area contributed by atoms with Gasteiger partial charge in [-0.05, 0) is 37.4 Å². The number of rotatable bonds is 9. The Kier molecular flexibility index (Phi) is 7.92. The molecule has 0 bridgehead atoms. The van der Waals surface area contributed by atoms with Gasteiger partial charge in [0, 0.05) is 24.6 Å². The first-order valence-corrected chi connectivity index (χ1v) is 7.25. The van der Waals surface area contributed by atoms with E-state index in [4.69, 9.17) is 15.7 Å². The van der Waals surface area contributed by atoms with Crippen molar-refractivity contribution in [1.29, 1.82) is 5.26 Å². The molecule has 0 saturated carbocycles. The van der Waals surface area contributed by atoms with Crippen LogP contribution < -0.4 is 15.8 Å². The molecule has 0 aromatic heterocycles.